The van der Waals surface area contributed by atoms with Gasteiger partial charge in [0.25, 0.3) is 0 Å². The van der Waals surface area contributed by atoms with Gasteiger partial charge in [-0.2, -0.15) is 0 Å². The quantitative estimate of drug-likeness (QED) is 0.782. The van der Waals surface area contributed by atoms with Crippen LogP contribution < -0.4 is 9.47 Å². The minimum Gasteiger partial charge on any atom is -0.493 e. The summed E-state index contributed by atoms with van der Waals surface area (Å²) in [5, 5.41) is 0. The topological polar surface area (TPSA) is 51.9 Å². The Morgan fingerprint density at radius 1 is 1.19 bits per heavy atom. The zero-order chi connectivity index (χ0) is 18.7. The fraction of sp³-hybridized carbons (Fsp3) is 0.476. The number of ether oxygens (including phenoxy) is 2. The highest BCUT2D eigenvalue weighted by Crippen LogP contribution is 2.36. The molecule has 5 nitrogen and oxygen atoms in total. The molecular formula is C21H27NO4. The number of methoxy groups -OCH3 is 2. The van der Waals surface area contributed by atoms with E-state index in [4.69, 9.17) is 13.9 Å². The summed E-state index contributed by atoms with van der Waals surface area (Å²) in [6.07, 6.45) is 2.64. The van der Waals surface area contributed by atoms with Gasteiger partial charge in [0, 0.05) is 19.0 Å². The zero-order valence-corrected chi connectivity index (χ0v) is 15.9. The van der Waals surface area contributed by atoms with Crippen LogP contribution in [-0.2, 0) is 4.79 Å². The smallest absolute Gasteiger partial charge is 0.230 e. The second-order valence-electron chi connectivity index (χ2n) is 7.12. The zero-order valence-electron chi connectivity index (χ0n) is 15.9. The van der Waals surface area contributed by atoms with E-state index < -0.39 is 0 Å². The lowest BCUT2D eigenvalue weighted by atomic mass is 9.87. The Kier molecular flexibility index (Phi) is 5.55. The number of rotatable bonds is 6. The molecule has 140 valence electrons. The van der Waals surface area contributed by atoms with Crippen LogP contribution in [0.3, 0.4) is 0 Å². The van der Waals surface area contributed by atoms with Crippen LogP contribution in [0.1, 0.15) is 43.4 Å². The van der Waals surface area contributed by atoms with Gasteiger partial charge in [0.1, 0.15) is 5.76 Å². The number of furan rings is 1. The van der Waals surface area contributed by atoms with Crippen molar-refractivity contribution < 1.29 is 18.7 Å². The van der Waals surface area contributed by atoms with Crippen molar-refractivity contribution in [2.24, 2.45) is 5.92 Å². The number of hydrogen-bond donors (Lipinski definition) is 0. The molecule has 1 aromatic carbocycles. The molecule has 26 heavy (non-hydrogen) atoms. The average molecular weight is 357 g/mol. The molecule has 2 aromatic rings. The molecule has 2 atom stereocenters. The number of amides is 1. The van der Waals surface area contributed by atoms with E-state index in [9.17, 15) is 4.79 Å². The van der Waals surface area contributed by atoms with Gasteiger partial charge < -0.3 is 18.8 Å². The summed E-state index contributed by atoms with van der Waals surface area (Å²) in [5.41, 5.74) is 0.962. The lowest BCUT2D eigenvalue weighted by Gasteiger charge is -2.27. The van der Waals surface area contributed by atoms with E-state index in [2.05, 4.69) is 13.8 Å². The summed E-state index contributed by atoms with van der Waals surface area (Å²) in [6, 6.07) is 9.64. The molecule has 0 aliphatic carbocycles. The van der Waals surface area contributed by atoms with Gasteiger partial charge in [-0.1, -0.05) is 19.9 Å². The first kappa shape index (κ1) is 18.4. The molecule has 0 saturated carbocycles. The van der Waals surface area contributed by atoms with Crippen molar-refractivity contribution in [1.29, 1.82) is 0 Å². The lowest BCUT2D eigenvalue weighted by molar-refractivity contribution is -0.132. The molecule has 1 aliphatic rings. The maximum Gasteiger partial charge on any atom is 0.230 e. The van der Waals surface area contributed by atoms with Gasteiger partial charge in [0.05, 0.1) is 26.4 Å². The maximum absolute atomic E-state index is 13.3. The van der Waals surface area contributed by atoms with Gasteiger partial charge in [0.2, 0.25) is 5.91 Å². The number of benzene rings is 1. The van der Waals surface area contributed by atoms with E-state index in [1.165, 1.54) is 0 Å². The molecule has 5 heteroatoms. The van der Waals surface area contributed by atoms with E-state index in [1.807, 2.05) is 35.2 Å². The van der Waals surface area contributed by atoms with Crippen molar-refractivity contribution >= 4 is 5.91 Å². The van der Waals surface area contributed by atoms with Gasteiger partial charge in [-0.05, 0) is 42.2 Å². The molecule has 3 rings (SSSR count). The summed E-state index contributed by atoms with van der Waals surface area (Å²) in [7, 11) is 3.23. The van der Waals surface area contributed by atoms with Crippen molar-refractivity contribution in [2.45, 2.75) is 32.1 Å². The van der Waals surface area contributed by atoms with Gasteiger partial charge in [-0.15, -0.1) is 0 Å². The first-order valence-corrected chi connectivity index (χ1v) is 9.09. The van der Waals surface area contributed by atoms with Crippen LogP contribution in [0.5, 0.6) is 11.5 Å². The van der Waals surface area contributed by atoms with Crippen molar-refractivity contribution in [3.05, 3.63) is 47.9 Å². The first-order chi connectivity index (χ1) is 12.5. The van der Waals surface area contributed by atoms with Crippen LogP contribution >= 0.6 is 0 Å². The second kappa shape index (κ2) is 7.85. The van der Waals surface area contributed by atoms with Gasteiger partial charge in [-0.3, -0.25) is 4.79 Å². The molecule has 0 spiro atoms. The number of carbonyl (C=O) groups excluding carboxylic acids is 1. The van der Waals surface area contributed by atoms with E-state index in [1.54, 1.807) is 20.5 Å². The molecule has 2 heterocycles. The molecule has 2 unspecified atom stereocenters. The second-order valence-corrected chi connectivity index (χ2v) is 7.12. The monoisotopic (exact) mass is 357 g/mol. The van der Waals surface area contributed by atoms with E-state index >= 15 is 0 Å². The van der Waals surface area contributed by atoms with Gasteiger partial charge >= 0.3 is 0 Å². The molecule has 1 fully saturated rings. The Hall–Kier alpha value is -2.43. The SMILES string of the molecule is COc1ccc(C(C(=O)N2CCC(c3ccco3)C2)C(C)C)cc1OC. The Bertz CT molecular complexity index is 738. The molecule has 1 aliphatic heterocycles. The highest BCUT2D eigenvalue weighted by Gasteiger charge is 2.35. The van der Waals surface area contributed by atoms with Crippen molar-refractivity contribution in [3.8, 4) is 11.5 Å². The van der Waals surface area contributed by atoms with Crippen LogP contribution in [0.15, 0.2) is 41.0 Å². The molecule has 1 aromatic heterocycles. The predicted octanol–water partition coefficient (Wildman–Crippen LogP) is 4.05. The van der Waals surface area contributed by atoms with Crippen LogP contribution in [0.25, 0.3) is 0 Å². The predicted molar refractivity (Wildman–Crippen MR) is 99.8 cm³/mol. The molecular weight excluding hydrogens is 330 g/mol. The highest BCUT2D eigenvalue weighted by atomic mass is 16.5. The van der Waals surface area contributed by atoms with Crippen molar-refractivity contribution in [1.82, 2.24) is 4.90 Å². The fourth-order valence-electron chi connectivity index (χ4n) is 3.77. The Labute approximate surface area is 154 Å². The van der Waals surface area contributed by atoms with Crippen LogP contribution in [0.2, 0.25) is 0 Å². The Balaban J connectivity index is 1.81. The first-order valence-electron chi connectivity index (χ1n) is 9.09. The standard InChI is InChI=1S/C21H27NO4/c1-14(2)20(15-7-8-18(24-3)19(12-15)25-4)21(23)22-10-9-16(13-22)17-6-5-11-26-17/h5-8,11-12,14,16,20H,9-10,13H2,1-4H3. The Morgan fingerprint density at radius 2 is 1.96 bits per heavy atom. The third-order valence-corrected chi connectivity index (χ3v) is 5.14. The summed E-state index contributed by atoms with van der Waals surface area (Å²) in [4.78, 5) is 15.2. The minimum atomic E-state index is -0.204. The number of likely N-dealkylation sites (tertiary alicyclic amines) is 1. The van der Waals surface area contributed by atoms with Crippen LogP contribution in [0.4, 0.5) is 0 Å². The average Bonchev–Trinajstić information content (AvgIpc) is 3.32. The molecule has 0 bridgehead atoms. The summed E-state index contributed by atoms with van der Waals surface area (Å²) in [5.74, 6) is 2.72. The lowest BCUT2D eigenvalue weighted by Crippen LogP contribution is -2.35. The van der Waals surface area contributed by atoms with Crippen molar-refractivity contribution in [3.63, 3.8) is 0 Å². The van der Waals surface area contributed by atoms with Crippen molar-refractivity contribution in [2.75, 3.05) is 27.3 Å². The normalized spacial score (nSPS) is 18.2. The molecule has 0 N–H and O–H groups in total. The molecule has 1 saturated heterocycles. The minimum absolute atomic E-state index is 0.168. The third-order valence-electron chi connectivity index (χ3n) is 5.14. The summed E-state index contributed by atoms with van der Waals surface area (Å²) < 4.78 is 16.3. The maximum atomic E-state index is 13.3. The van der Waals surface area contributed by atoms with E-state index in [0.29, 0.717) is 18.0 Å². The molecule has 1 amide bonds. The van der Waals surface area contributed by atoms with E-state index in [-0.39, 0.29) is 23.7 Å². The van der Waals surface area contributed by atoms with E-state index in [0.717, 1.165) is 24.3 Å². The summed E-state index contributed by atoms with van der Waals surface area (Å²) >= 11 is 0. The van der Waals surface area contributed by atoms with Crippen LogP contribution in [0, 0.1) is 5.92 Å². The molecule has 0 radical (unpaired) electrons. The number of hydrogen-bond acceptors (Lipinski definition) is 4. The largest absolute Gasteiger partial charge is 0.493 e. The number of carbonyl (C=O) groups is 1. The van der Waals surface area contributed by atoms with Crippen LogP contribution in [-0.4, -0.2) is 38.1 Å². The van der Waals surface area contributed by atoms with Gasteiger partial charge in [-0.25, -0.2) is 0 Å². The Morgan fingerprint density at radius 3 is 2.58 bits per heavy atom. The highest BCUT2D eigenvalue weighted by molar-refractivity contribution is 5.84. The third kappa shape index (κ3) is 3.57. The summed E-state index contributed by atoms with van der Waals surface area (Å²) in [6.45, 7) is 5.64. The van der Waals surface area contributed by atoms with Gasteiger partial charge in [0.15, 0.2) is 11.5 Å². The number of nitrogens with zero attached hydrogens (tertiary/aromatic N) is 1. The fourth-order valence-corrected chi connectivity index (χ4v) is 3.77.